The summed E-state index contributed by atoms with van der Waals surface area (Å²) in [6, 6.07) is 0. The van der Waals surface area contributed by atoms with Crippen molar-refractivity contribution in [3.8, 4) is 0 Å². The van der Waals surface area contributed by atoms with Crippen molar-refractivity contribution in [1.82, 2.24) is 15.5 Å². The number of β-amino-alcohol motifs (C(OH)–C–C–N with tert-alkyl or cyclic N) is 1. The summed E-state index contributed by atoms with van der Waals surface area (Å²) in [5, 5.41) is 16.9. The average molecular weight is 183 g/mol. The Hall–Kier alpha value is -0.940. The van der Waals surface area contributed by atoms with Crippen molar-refractivity contribution in [2.45, 2.75) is 25.4 Å². The first-order chi connectivity index (χ1) is 6.21. The molecule has 1 fully saturated rings. The summed E-state index contributed by atoms with van der Waals surface area (Å²) in [6.07, 6.45) is 1.61. The molecule has 2 rings (SSSR count). The van der Waals surface area contributed by atoms with Gasteiger partial charge in [-0.25, -0.2) is 0 Å². The van der Waals surface area contributed by atoms with Crippen LogP contribution in [-0.4, -0.2) is 28.3 Å². The van der Waals surface area contributed by atoms with Gasteiger partial charge in [0.1, 0.15) is 0 Å². The molecule has 0 saturated carbocycles. The molecule has 0 radical (unpaired) electrons. The summed E-state index contributed by atoms with van der Waals surface area (Å²) in [5.74, 6) is 0.895. The molecule has 1 aliphatic heterocycles. The lowest BCUT2D eigenvalue weighted by Crippen LogP contribution is -2.43. The van der Waals surface area contributed by atoms with Crippen LogP contribution in [0.5, 0.6) is 0 Å². The fraction of sp³-hybridized carbons (Fsp3) is 0.750. The van der Waals surface area contributed by atoms with Crippen LogP contribution < -0.4 is 5.32 Å². The predicted octanol–water partition coefficient (Wildman–Crippen LogP) is -0.0510. The van der Waals surface area contributed by atoms with Crippen molar-refractivity contribution in [2.75, 3.05) is 13.1 Å². The maximum atomic E-state index is 10.1. The molecule has 0 spiro atoms. The average Bonchev–Trinajstić information content (AvgIpc) is 2.54. The highest BCUT2D eigenvalue weighted by Crippen LogP contribution is 2.26. The highest BCUT2D eigenvalue weighted by Gasteiger charge is 2.36. The molecule has 1 aromatic heterocycles. The number of nitrogens with zero attached hydrogens (tertiary/aromatic N) is 2. The van der Waals surface area contributed by atoms with Crippen LogP contribution in [0.4, 0.5) is 0 Å². The van der Waals surface area contributed by atoms with E-state index in [0.717, 1.165) is 13.0 Å². The van der Waals surface area contributed by atoms with E-state index in [2.05, 4.69) is 15.5 Å². The van der Waals surface area contributed by atoms with Gasteiger partial charge < -0.3 is 14.9 Å². The Labute approximate surface area is 76.1 Å². The minimum atomic E-state index is -0.959. The van der Waals surface area contributed by atoms with E-state index in [1.54, 1.807) is 6.92 Å². The van der Waals surface area contributed by atoms with E-state index < -0.39 is 5.60 Å². The Balaban J connectivity index is 2.22. The third-order valence-electron chi connectivity index (χ3n) is 2.29. The standard InChI is InChI=1S/C8H13N3O2/c1-6-10-7(13-11-6)8(12)3-2-4-9-5-8/h9,12H,2-5H2,1H3. The molecular formula is C8H13N3O2. The zero-order valence-electron chi connectivity index (χ0n) is 7.58. The molecule has 0 bridgehead atoms. The zero-order chi connectivity index (χ0) is 9.31. The number of aryl methyl sites for hydroxylation is 1. The number of piperidine rings is 1. The van der Waals surface area contributed by atoms with Crippen molar-refractivity contribution in [3.05, 3.63) is 11.7 Å². The lowest BCUT2D eigenvalue weighted by molar-refractivity contribution is -0.0167. The number of aliphatic hydroxyl groups is 1. The molecule has 1 aliphatic rings. The van der Waals surface area contributed by atoms with E-state index >= 15 is 0 Å². The summed E-state index contributed by atoms with van der Waals surface area (Å²) >= 11 is 0. The quantitative estimate of drug-likeness (QED) is 0.638. The van der Waals surface area contributed by atoms with Gasteiger partial charge in [0.05, 0.1) is 0 Å². The molecule has 5 heteroatoms. The highest BCUT2D eigenvalue weighted by molar-refractivity contribution is 5.01. The van der Waals surface area contributed by atoms with Crippen molar-refractivity contribution < 1.29 is 9.63 Å². The predicted molar refractivity (Wildman–Crippen MR) is 45.0 cm³/mol. The van der Waals surface area contributed by atoms with Gasteiger partial charge in [-0.05, 0) is 26.3 Å². The van der Waals surface area contributed by atoms with Crippen LogP contribution in [0.15, 0.2) is 4.52 Å². The number of aromatic nitrogens is 2. The monoisotopic (exact) mass is 183 g/mol. The van der Waals surface area contributed by atoms with Gasteiger partial charge in [0.15, 0.2) is 11.4 Å². The molecule has 1 unspecified atom stereocenters. The molecule has 1 aromatic rings. The summed E-state index contributed by atoms with van der Waals surface area (Å²) in [7, 11) is 0. The van der Waals surface area contributed by atoms with E-state index in [0.29, 0.717) is 24.7 Å². The van der Waals surface area contributed by atoms with Crippen molar-refractivity contribution in [1.29, 1.82) is 0 Å². The summed E-state index contributed by atoms with van der Waals surface area (Å²) in [4.78, 5) is 4.04. The molecule has 72 valence electrons. The molecule has 1 saturated heterocycles. The minimum Gasteiger partial charge on any atom is -0.379 e. The second kappa shape index (κ2) is 3.08. The Morgan fingerprint density at radius 3 is 3.00 bits per heavy atom. The van der Waals surface area contributed by atoms with Gasteiger partial charge in [0, 0.05) is 6.54 Å². The maximum absolute atomic E-state index is 10.1. The summed E-state index contributed by atoms with van der Waals surface area (Å²) in [5.41, 5.74) is -0.959. The minimum absolute atomic E-state index is 0.331. The summed E-state index contributed by atoms with van der Waals surface area (Å²) in [6.45, 7) is 3.18. The van der Waals surface area contributed by atoms with Gasteiger partial charge in [-0.15, -0.1) is 0 Å². The van der Waals surface area contributed by atoms with Crippen LogP contribution in [0.2, 0.25) is 0 Å². The Morgan fingerprint density at radius 1 is 1.62 bits per heavy atom. The van der Waals surface area contributed by atoms with Crippen LogP contribution in [0, 0.1) is 6.92 Å². The number of rotatable bonds is 1. The van der Waals surface area contributed by atoms with Crippen LogP contribution >= 0.6 is 0 Å². The van der Waals surface area contributed by atoms with Crippen LogP contribution in [-0.2, 0) is 5.60 Å². The van der Waals surface area contributed by atoms with E-state index in [-0.39, 0.29) is 0 Å². The fourth-order valence-electron chi connectivity index (χ4n) is 1.56. The third kappa shape index (κ3) is 1.57. The first-order valence-electron chi connectivity index (χ1n) is 4.45. The zero-order valence-corrected chi connectivity index (χ0v) is 7.58. The SMILES string of the molecule is Cc1noc(C2(O)CCCNC2)n1. The van der Waals surface area contributed by atoms with E-state index in [9.17, 15) is 5.11 Å². The third-order valence-corrected chi connectivity index (χ3v) is 2.29. The maximum Gasteiger partial charge on any atom is 0.259 e. The summed E-state index contributed by atoms with van der Waals surface area (Å²) < 4.78 is 4.96. The van der Waals surface area contributed by atoms with Gasteiger partial charge in [-0.3, -0.25) is 0 Å². The molecule has 5 nitrogen and oxygen atoms in total. The van der Waals surface area contributed by atoms with Gasteiger partial charge in [-0.1, -0.05) is 5.16 Å². The molecular weight excluding hydrogens is 170 g/mol. The molecule has 0 aromatic carbocycles. The smallest absolute Gasteiger partial charge is 0.259 e. The second-order valence-corrected chi connectivity index (χ2v) is 3.46. The van der Waals surface area contributed by atoms with E-state index in [4.69, 9.17) is 4.52 Å². The lowest BCUT2D eigenvalue weighted by Gasteiger charge is -2.28. The lowest BCUT2D eigenvalue weighted by atomic mass is 9.94. The van der Waals surface area contributed by atoms with Gasteiger partial charge in [0.25, 0.3) is 5.89 Å². The molecule has 13 heavy (non-hydrogen) atoms. The molecule has 2 N–H and O–H groups in total. The van der Waals surface area contributed by atoms with Crippen LogP contribution in [0.3, 0.4) is 0 Å². The largest absolute Gasteiger partial charge is 0.379 e. The first kappa shape index (κ1) is 8.65. The molecule has 0 aliphatic carbocycles. The fourth-order valence-corrected chi connectivity index (χ4v) is 1.56. The Bertz CT molecular complexity index is 291. The van der Waals surface area contributed by atoms with E-state index in [1.165, 1.54) is 0 Å². The van der Waals surface area contributed by atoms with E-state index in [1.807, 2.05) is 0 Å². The topological polar surface area (TPSA) is 71.2 Å². The first-order valence-corrected chi connectivity index (χ1v) is 4.45. The molecule has 2 heterocycles. The normalized spacial score (nSPS) is 29.1. The second-order valence-electron chi connectivity index (χ2n) is 3.46. The van der Waals surface area contributed by atoms with Crippen molar-refractivity contribution in [2.24, 2.45) is 0 Å². The van der Waals surface area contributed by atoms with Crippen molar-refractivity contribution >= 4 is 0 Å². The number of hydrogen-bond acceptors (Lipinski definition) is 5. The van der Waals surface area contributed by atoms with Crippen molar-refractivity contribution in [3.63, 3.8) is 0 Å². The molecule has 0 amide bonds. The van der Waals surface area contributed by atoms with Gasteiger partial charge >= 0.3 is 0 Å². The van der Waals surface area contributed by atoms with Crippen LogP contribution in [0.1, 0.15) is 24.6 Å². The molecule has 1 atom stereocenters. The number of nitrogens with one attached hydrogen (secondary N) is 1. The Kier molecular flexibility index (Phi) is 2.05. The van der Waals surface area contributed by atoms with Gasteiger partial charge in [-0.2, -0.15) is 4.98 Å². The Morgan fingerprint density at radius 2 is 2.46 bits per heavy atom. The van der Waals surface area contributed by atoms with Crippen LogP contribution in [0.25, 0.3) is 0 Å². The highest BCUT2D eigenvalue weighted by atomic mass is 16.5. The number of hydrogen-bond donors (Lipinski definition) is 2. The van der Waals surface area contributed by atoms with Gasteiger partial charge in [0.2, 0.25) is 0 Å².